The number of para-hydroxylation sites is 1. The second-order valence-electron chi connectivity index (χ2n) is 3.50. The minimum Gasteiger partial charge on any atom is -0.374 e. The lowest BCUT2D eigenvalue weighted by Crippen LogP contribution is -2.38. The smallest absolute Gasteiger partial charge is 0.170 e. The molecular formula is C11H11NO2. The predicted molar refractivity (Wildman–Crippen MR) is 53.4 cm³/mol. The van der Waals surface area contributed by atoms with Gasteiger partial charge in [0, 0.05) is 17.2 Å². The van der Waals surface area contributed by atoms with Crippen LogP contribution in [0.4, 0.5) is 5.69 Å². The molecule has 14 heavy (non-hydrogen) atoms. The number of aldehydes is 1. The van der Waals surface area contributed by atoms with Gasteiger partial charge in [0.25, 0.3) is 0 Å². The quantitative estimate of drug-likeness (QED) is 0.681. The molecule has 1 heterocycles. The molecule has 1 aliphatic rings. The third kappa shape index (κ3) is 1.21. The second kappa shape index (κ2) is 3.25. The summed E-state index contributed by atoms with van der Waals surface area (Å²) in [5, 5.41) is 3.04. The van der Waals surface area contributed by atoms with Gasteiger partial charge in [0.1, 0.15) is 6.29 Å². The molecule has 72 valence electrons. The van der Waals surface area contributed by atoms with Gasteiger partial charge >= 0.3 is 0 Å². The maximum Gasteiger partial charge on any atom is 0.170 e. The number of Topliss-reactive ketones (excluding diaryl/α,β-unsaturated/α-hetero) is 1. The van der Waals surface area contributed by atoms with E-state index in [4.69, 9.17) is 0 Å². The van der Waals surface area contributed by atoms with Gasteiger partial charge in [0.05, 0.1) is 6.04 Å². The predicted octanol–water partition coefficient (Wildman–Crippen LogP) is 1.50. The van der Waals surface area contributed by atoms with E-state index in [0.29, 0.717) is 5.56 Å². The molecule has 0 radical (unpaired) electrons. The number of nitrogens with one attached hydrogen (secondary N) is 1. The van der Waals surface area contributed by atoms with Crippen molar-refractivity contribution in [3.63, 3.8) is 0 Å². The molecule has 1 N–H and O–H groups in total. The van der Waals surface area contributed by atoms with E-state index in [-0.39, 0.29) is 11.7 Å². The molecular weight excluding hydrogens is 178 g/mol. The van der Waals surface area contributed by atoms with E-state index in [1.165, 1.54) is 0 Å². The average molecular weight is 189 g/mol. The molecule has 3 heteroatoms. The first-order chi connectivity index (χ1) is 6.74. The molecule has 0 saturated heterocycles. The van der Waals surface area contributed by atoms with Gasteiger partial charge in [0.15, 0.2) is 5.78 Å². The molecule has 2 unspecified atom stereocenters. The minimum absolute atomic E-state index is 0.0384. The monoisotopic (exact) mass is 189 g/mol. The molecule has 3 nitrogen and oxygen atoms in total. The fraction of sp³-hybridized carbons (Fsp3) is 0.273. The standard InChI is InChI=1S/C11H11NO2/c1-7-10(6-13)12-9-5-3-2-4-8(9)11(7)14/h2-7,10,12H,1H3. The number of carbonyl (C=O) groups is 2. The first kappa shape index (κ1) is 8.94. The molecule has 0 bridgehead atoms. The minimum atomic E-state index is -0.391. The van der Waals surface area contributed by atoms with Gasteiger partial charge in [-0.15, -0.1) is 0 Å². The number of hydrogen-bond donors (Lipinski definition) is 1. The molecule has 2 rings (SSSR count). The zero-order chi connectivity index (χ0) is 10.1. The van der Waals surface area contributed by atoms with Crippen LogP contribution in [0.5, 0.6) is 0 Å². The van der Waals surface area contributed by atoms with Crippen LogP contribution in [0.2, 0.25) is 0 Å². The van der Waals surface area contributed by atoms with Gasteiger partial charge in [-0.25, -0.2) is 0 Å². The maximum absolute atomic E-state index is 11.8. The van der Waals surface area contributed by atoms with Crippen molar-refractivity contribution in [2.45, 2.75) is 13.0 Å². The van der Waals surface area contributed by atoms with Crippen LogP contribution in [0.1, 0.15) is 17.3 Å². The van der Waals surface area contributed by atoms with E-state index in [2.05, 4.69) is 5.32 Å². The molecule has 0 aliphatic carbocycles. The van der Waals surface area contributed by atoms with E-state index in [1.54, 1.807) is 13.0 Å². The lowest BCUT2D eigenvalue weighted by atomic mass is 9.88. The average Bonchev–Trinajstić information content (AvgIpc) is 2.23. The highest BCUT2D eigenvalue weighted by atomic mass is 16.1. The fourth-order valence-electron chi connectivity index (χ4n) is 1.69. The van der Waals surface area contributed by atoms with Crippen molar-refractivity contribution >= 4 is 17.8 Å². The van der Waals surface area contributed by atoms with Gasteiger partial charge < -0.3 is 10.1 Å². The van der Waals surface area contributed by atoms with Crippen molar-refractivity contribution in [2.24, 2.45) is 5.92 Å². The Morgan fingerprint density at radius 3 is 2.79 bits per heavy atom. The molecule has 0 spiro atoms. The normalized spacial score (nSPS) is 25.1. The van der Waals surface area contributed by atoms with E-state index < -0.39 is 6.04 Å². The van der Waals surface area contributed by atoms with Gasteiger partial charge in [-0.1, -0.05) is 19.1 Å². The number of rotatable bonds is 1. The molecule has 0 saturated carbocycles. The van der Waals surface area contributed by atoms with Crippen LogP contribution in [-0.4, -0.2) is 18.1 Å². The molecule has 1 aromatic carbocycles. The second-order valence-corrected chi connectivity index (χ2v) is 3.50. The Bertz CT molecular complexity index is 387. The van der Waals surface area contributed by atoms with Crippen molar-refractivity contribution in [2.75, 3.05) is 5.32 Å². The van der Waals surface area contributed by atoms with Crippen molar-refractivity contribution in [3.8, 4) is 0 Å². The highest BCUT2D eigenvalue weighted by Gasteiger charge is 2.31. The number of fused-ring (bicyclic) bond motifs is 1. The van der Waals surface area contributed by atoms with E-state index in [1.807, 2.05) is 18.2 Å². The third-order valence-corrected chi connectivity index (χ3v) is 2.61. The Morgan fingerprint density at radius 2 is 2.07 bits per heavy atom. The van der Waals surface area contributed by atoms with Crippen LogP contribution in [-0.2, 0) is 4.79 Å². The molecule has 0 amide bonds. The molecule has 2 atom stereocenters. The van der Waals surface area contributed by atoms with Gasteiger partial charge in [-0.3, -0.25) is 4.79 Å². The Balaban J connectivity index is 2.47. The summed E-state index contributed by atoms with van der Waals surface area (Å²) >= 11 is 0. The summed E-state index contributed by atoms with van der Waals surface area (Å²) in [5.41, 5.74) is 1.44. The number of carbonyl (C=O) groups excluding carboxylic acids is 2. The zero-order valence-corrected chi connectivity index (χ0v) is 7.86. The largest absolute Gasteiger partial charge is 0.374 e. The number of anilines is 1. The lowest BCUT2D eigenvalue weighted by Gasteiger charge is -2.27. The SMILES string of the molecule is CC1C(=O)c2ccccc2NC1C=O. The van der Waals surface area contributed by atoms with Crippen LogP contribution in [0.15, 0.2) is 24.3 Å². The summed E-state index contributed by atoms with van der Waals surface area (Å²) in [7, 11) is 0. The highest BCUT2D eigenvalue weighted by Crippen LogP contribution is 2.26. The van der Waals surface area contributed by atoms with Crippen molar-refractivity contribution in [1.82, 2.24) is 0 Å². The van der Waals surface area contributed by atoms with Gasteiger partial charge in [0.2, 0.25) is 0 Å². The van der Waals surface area contributed by atoms with Crippen molar-refractivity contribution < 1.29 is 9.59 Å². The summed E-state index contributed by atoms with van der Waals surface area (Å²) in [6.45, 7) is 1.77. The molecule has 0 aromatic heterocycles. The number of ketones is 1. The maximum atomic E-state index is 11.8. The molecule has 0 fully saturated rings. The van der Waals surface area contributed by atoms with E-state index in [9.17, 15) is 9.59 Å². The van der Waals surface area contributed by atoms with Crippen LogP contribution < -0.4 is 5.32 Å². The lowest BCUT2D eigenvalue weighted by molar-refractivity contribution is -0.109. The Labute approximate surface area is 82.1 Å². The first-order valence-corrected chi connectivity index (χ1v) is 4.59. The van der Waals surface area contributed by atoms with Crippen LogP contribution in [0.3, 0.4) is 0 Å². The third-order valence-electron chi connectivity index (χ3n) is 2.61. The van der Waals surface area contributed by atoms with E-state index in [0.717, 1.165) is 12.0 Å². The summed E-state index contributed by atoms with van der Waals surface area (Å²) in [4.78, 5) is 22.5. The van der Waals surface area contributed by atoms with Crippen molar-refractivity contribution in [3.05, 3.63) is 29.8 Å². The van der Waals surface area contributed by atoms with E-state index >= 15 is 0 Å². The van der Waals surface area contributed by atoms with Gasteiger partial charge in [-0.2, -0.15) is 0 Å². The Morgan fingerprint density at radius 1 is 1.36 bits per heavy atom. The topological polar surface area (TPSA) is 46.2 Å². The molecule has 1 aromatic rings. The van der Waals surface area contributed by atoms with Gasteiger partial charge in [-0.05, 0) is 12.1 Å². The highest BCUT2D eigenvalue weighted by molar-refractivity contribution is 6.06. The first-order valence-electron chi connectivity index (χ1n) is 4.59. The summed E-state index contributed by atoms with van der Waals surface area (Å²) < 4.78 is 0. The summed E-state index contributed by atoms with van der Waals surface area (Å²) in [6.07, 6.45) is 0.790. The summed E-state index contributed by atoms with van der Waals surface area (Å²) in [6, 6.07) is 6.87. The van der Waals surface area contributed by atoms with Crippen LogP contribution in [0, 0.1) is 5.92 Å². The summed E-state index contributed by atoms with van der Waals surface area (Å²) in [5.74, 6) is -0.237. The zero-order valence-electron chi connectivity index (χ0n) is 7.86. The number of benzene rings is 1. The Hall–Kier alpha value is -1.64. The van der Waals surface area contributed by atoms with Crippen LogP contribution >= 0.6 is 0 Å². The van der Waals surface area contributed by atoms with Crippen molar-refractivity contribution in [1.29, 1.82) is 0 Å². The fourth-order valence-corrected chi connectivity index (χ4v) is 1.69. The molecule has 1 aliphatic heterocycles. The Kier molecular flexibility index (Phi) is 2.08. The number of hydrogen-bond acceptors (Lipinski definition) is 3. The van der Waals surface area contributed by atoms with Crippen LogP contribution in [0.25, 0.3) is 0 Å².